The Hall–Kier alpha value is -2.30. The number of carboxylic acids is 1. The number of ether oxygens (including phenoxy) is 1. The Morgan fingerprint density at radius 1 is 1.65 bits per heavy atom. The lowest BCUT2D eigenvalue weighted by atomic mass is 10.3. The fraction of sp³-hybridized carbons (Fsp3) is 0.167. The second kappa shape index (κ2) is 4.29. The summed E-state index contributed by atoms with van der Waals surface area (Å²) in [5, 5.41) is 8.99. The van der Waals surface area contributed by atoms with Gasteiger partial charge in [-0.05, 0) is 6.92 Å². The van der Waals surface area contributed by atoms with E-state index in [2.05, 4.69) is 11.6 Å². The number of imidazole rings is 1. The number of fused-ring (bicyclic) bond motifs is 1. The molecule has 5 heteroatoms. The third-order valence-electron chi connectivity index (χ3n) is 2.24. The van der Waals surface area contributed by atoms with Gasteiger partial charge in [-0.15, -0.1) is 0 Å². The van der Waals surface area contributed by atoms with Crippen LogP contribution >= 0.6 is 0 Å². The SMILES string of the molecule is C=CCOc1cc(C(=O)O)cn2cc(C)nc12. The van der Waals surface area contributed by atoms with Crippen molar-refractivity contribution >= 4 is 11.6 Å². The minimum atomic E-state index is -0.998. The van der Waals surface area contributed by atoms with Gasteiger partial charge in [0, 0.05) is 18.5 Å². The molecule has 0 unspecified atom stereocenters. The third kappa shape index (κ3) is 2.13. The molecule has 0 saturated heterocycles. The Balaban J connectivity index is 2.59. The van der Waals surface area contributed by atoms with Crippen molar-refractivity contribution in [1.82, 2.24) is 9.38 Å². The van der Waals surface area contributed by atoms with Crippen LogP contribution in [0.15, 0.2) is 31.1 Å². The van der Waals surface area contributed by atoms with E-state index in [0.717, 1.165) is 5.69 Å². The summed E-state index contributed by atoms with van der Waals surface area (Å²) in [5.74, 6) is -0.556. The third-order valence-corrected chi connectivity index (χ3v) is 2.24. The molecule has 0 aliphatic carbocycles. The molecule has 5 nitrogen and oxygen atoms in total. The molecule has 2 aromatic rings. The normalized spacial score (nSPS) is 10.4. The van der Waals surface area contributed by atoms with E-state index in [1.807, 2.05) is 6.92 Å². The molecule has 0 fully saturated rings. The van der Waals surface area contributed by atoms with Gasteiger partial charge in [-0.3, -0.25) is 0 Å². The highest BCUT2D eigenvalue weighted by molar-refractivity contribution is 5.88. The zero-order valence-electron chi connectivity index (χ0n) is 9.38. The Bertz CT molecular complexity index is 587. The summed E-state index contributed by atoms with van der Waals surface area (Å²) in [7, 11) is 0. The quantitative estimate of drug-likeness (QED) is 0.818. The van der Waals surface area contributed by atoms with Crippen LogP contribution < -0.4 is 4.74 Å². The van der Waals surface area contributed by atoms with Crippen molar-refractivity contribution in [3.63, 3.8) is 0 Å². The van der Waals surface area contributed by atoms with E-state index in [-0.39, 0.29) is 5.56 Å². The van der Waals surface area contributed by atoms with Crippen molar-refractivity contribution in [3.8, 4) is 5.75 Å². The number of pyridine rings is 1. The van der Waals surface area contributed by atoms with Crippen molar-refractivity contribution in [1.29, 1.82) is 0 Å². The van der Waals surface area contributed by atoms with Gasteiger partial charge in [0.15, 0.2) is 11.4 Å². The highest BCUT2D eigenvalue weighted by Gasteiger charge is 2.11. The largest absolute Gasteiger partial charge is 0.486 e. The summed E-state index contributed by atoms with van der Waals surface area (Å²) in [6.07, 6.45) is 4.86. The number of hydrogen-bond acceptors (Lipinski definition) is 3. The Morgan fingerprint density at radius 2 is 2.41 bits per heavy atom. The lowest BCUT2D eigenvalue weighted by molar-refractivity contribution is 0.0696. The summed E-state index contributed by atoms with van der Waals surface area (Å²) < 4.78 is 7.06. The average Bonchev–Trinajstić information content (AvgIpc) is 2.65. The number of aromatic carboxylic acids is 1. The summed E-state index contributed by atoms with van der Waals surface area (Å²) in [6, 6.07) is 1.47. The zero-order valence-corrected chi connectivity index (χ0v) is 9.38. The molecule has 17 heavy (non-hydrogen) atoms. The van der Waals surface area contributed by atoms with Gasteiger partial charge in [0.2, 0.25) is 0 Å². The van der Waals surface area contributed by atoms with E-state index in [4.69, 9.17) is 9.84 Å². The molecule has 88 valence electrons. The Kier molecular flexibility index (Phi) is 2.82. The lowest BCUT2D eigenvalue weighted by Gasteiger charge is -2.06. The van der Waals surface area contributed by atoms with E-state index in [1.165, 1.54) is 12.3 Å². The zero-order chi connectivity index (χ0) is 12.4. The highest BCUT2D eigenvalue weighted by Crippen LogP contribution is 2.21. The van der Waals surface area contributed by atoms with Crippen molar-refractivity contribution in [3.05, 3.63) is 42.4 Å². The Morgan fingerprint density at radius 3 is 3.06 bits per heavy atom. The molecule has 0 aromatic carbocycles. The van der Waals surface area contributed by atoms with Gasteiger partial charge >= 0.3 is 5.97 Å². The van der Waals surface area contributed by atoms with Gasteiger partial charge in [-0.1, -0.05) is 12.7 Å². The van der Waals surface area contributed by atoms with Crippen molar-refractivity contribution in [2.45, 2.75) is 6.92 Å². The maximum atomic E-state index is 11.0. The molecular weight excluding hydrogens is 220 g/mol. The van der Waals surface area contributed by atoms with E-state index in [9.17, 15) is 4.79 Å². The van der Waals surface area contributed by atoms with Crippen LogP contribution in [0.3, 0.4) is 0 Å². The fourth-order valence-electron chi connectivity index (χ4n) is 1.56. The first kappa shape index (κ1) is 11.2. The molecule has 0 radical (unpaired) electrons. The number of nitrogens with zero attached hydrogens (tertiary/aromatic N) is 2. The number of hydrogen-bond donors (Lipinski definition) is 1. The molecule has 0 amide bonds. The van der Waals surface area contributed by atoms with Crippen molar-refractivity contribution in [2.24, 2.45) is 0 Å². The average molecular weight is 232 g/mol. The molecule has 0 bridgehead atoms. The minimum Gasteiger partial charge on any atom is -0.486 e. The minimum absolute atomic E-state index is 0.161. The highest BCUT2D eigenvalue weighted by atomic mass is 16.5. The fourth-order valence-corrected chi connectivity index (χ4v) is 1.56. The van der Waals surface area contributed by atoms with E-state index in [1.54, 1.807) is 16.7 Å². The van der Waals surface area contributed by atoms with Crippen molar-refractivity contribution in [2.75, 3.05) is 6.61 Å². The van der Waals surface area contributed by atoms with Gasteiger partial charge in [-0.25, -0.2) is 9.78 Å². The van der Waals surface area contributed by atoms with Crippen molar-refractivity contribution < 1.29 is 14.6 Å². The van der Waals surface area contributed by atoms with Gasteiger partial charge < -0.3 is 14.2 Å². The summed E-state index contributed by atoms with van der Waals surface area (Å²) >= 11 is 0. The van der Waals surface area contributed by atoms with Crippen LogP contribution in [0.25, 0.3) is 5.65 Å². The first-order valence-corrected chi connectivity index (χ1v) is 5.08. The second-order valence-corrected chi connectivity index (χ2v) is 3.61. The maximum absolute atomic E-state index is 11.0. The van der Waals surface area contributed by atoms with Gasteiger partial charge in [0.05, 0.1) is 11.3 Å². The van der Waals surface area contributed by atoms with Crippen LogP contribution in [0, 0.1) is 6.92 Å². The second-order valence-electron chi connectivity index (χ2n) is 3.61. The smallest absolute Gasteiger partial charge is 0.337 e. The molecule has 1 N–H and O–H groups in total. The van der Waals surface area contributed by atoms with Crippen LogP contribution in [0.1, 0.15) is 16.1 Å². The molecule has 0 aliphatic rings. The molecule has 0 aliphatic heterocycles. The first-order chi connectivity index (χ1) is 8.11. The van der Waals surface area contributed by atoms with Crippen LogP contribution in [0.2, 0.25) is 0 Å². The number of carboxylic acid groups (broad SMARTS) is 1. The topological polar surface area (TPSA) is 63.8 Å². The number of carbonyl (C=O) groups is 1. The lowest BCUT2D eigenvalue weighted by Crippen LogP contribution is -2.02. The van der Waals surface area contributed by atoms with E-state index in [0.29, 0.717) is 18.0 Å². The molecule has 0 spiro atoms. The van der Waals surface area contributed by atoms with Crippen LogP contribution in [-0.2, 0) is 0 Å². The predicted molar refractivity (Wildman–Crippen MR) is 62.6 cm³/mol. The number of aromatic nitrogens is 2. The van der Waals surface area contributed by atoms with E-state index < -0.39 is 5.97 Å². The van der Waals surface area contributed by atoms with E-state index >= 15 is 0 Å². The van der Waals surface area contributed by atoms with Crippen LogP contribution in [0.5, 0.6) is 5.75 Å². The summed E-state index contributed by atoms with van der Waals surface area (Å²) in [6.45, 7) is 5.70. The monoisotopic (exact) mass is 232 g/mol. The summed E-state index contributed by atoms with van der Waals surface area (Å²) in [4.78, 5) is 15.2. The van der Waals surface area contributed by atoms with Crippen LogP contribution in [-0.4, -0.2) is 27.1 Å². The molecule has 2 heterocycles. The molecule has 2 aromatic heterocycles. The van der Waals surface area contributed by atoms with Gasteiger partial charge in [-0.2, -0.15) is 0 Å². The molecular formula is C12H12N2O3. The van der Waals surface area contributed by atoms with Gasteiger partial charge in [0.25, 0.3) is 0 Å². The molecule has 0 atom stereocenters. The van der Waals surface area contributed by atoms with Crippen LogP contribution in [0.4, 0.5) is 0 Å². The molecule has 2 rings (SSSR count). The number of rotatable bonds is 4. The van der Waals surface area contributed by atoms with Gasteiger partial charge in [0.1, 0.15) is 6.61 Å². The molecule has 0 saturated carbocycles. The summed E-state index contributed by atoms with van der Waals surface area (Å²) in [5.41, 5.74) is 1.57. The maximum Gasteiger partial charge on any atom is 0.337 e. The Labute approximate surface area is 98.0 Å². The standard InChI is InChI=1S/C12H12N2O3/c1-3-4-17-10-5-9(12(15)16)7-14-6-8(2)13-11(10)14/h3,5-7H,1,4H2,2H3,(H,15,16). The first-order valence-electron chi connectivity index (χ1n) is 5.08. The predicted octanol–water partition coefficient (Wildman–Crippen LogP) is 1.91. The number of aryl methyl sites for hydroxylation is 1.